The molecule has 4 aromatic heterocycles. The molecule has 0 saturated heterocycles. The van der Waals surface area contributed by atoms with Gasteiger partial charge in [-0.1, -0.05) is 0 Å². The van der Waals surface area contributed by atoms with Crippen molar-refractivity contribution in [3.8, 4) is 17.0 Å². The number of hydrogen-bond acceptors (Lipinski definition) is 7. The second-order valence-corrected chi connectivity index (χ2v) is 9.71. The maximum absolute atomic E-state index is 14.4. The zero-order valence-corrected chi connectivity index (χ0v) is 22.3. The van der Waals surface area contributed by atoms with Crippen molar-refractivity contribution in [3.63, 3.8) is 0 Å². The van der Waals surface area contributed by atoms with Crippen molar-refractivity contribution in [3.05, 3.63) is 97.9 Å². The molecule has 0 radical (unpaired) electrons. The molecule has 5 aromatic rings. The fourth-order valence-electron chi connectivity index (χ4n) is 4.22. The van der Waals surface area contributed by atoms with Gasteiger partial charge in [0.25, 0.3) is 0 Å². The average Bonchev–Trinajstić information content (AvgIpc) is 3.45. The standard InChI is InChI=1S/C25H18BrF4N7O3/c1-13(40-21-7-15(26)10-31-24(21)37(38)39)19-8-16(27)4-5-18(19)23-20(33-35(2)34-23)9-17-12-36-11-14(25(28,29)30)3-6-22(36)32-17/h3-8,10-13H,9H2,1-2H3/t13-/m1/s1. The fraction of sp³-hybridized carbons (Fsp3) is 0.200. The summed E-state index contributed by atoms with van der Waals surface area (Å²) in [4.78, 5) is 20.3. The van der Waals surface area contributed by atoms with Crippen LogP contribution in [0.4, 0.5) is 23.4 Å². The molecule has 0 spiro atoms. The second-order valence-electron chi connectivity index (χ2n) is 8.80. The number of imidazole rings is 1. The molecule has 0 unspecified atom stereocenters. The van der Waals surface area contributed by atoms with Crippen LogP contribution in [-0.2, 0) is 19.6 Å². The maximum atomic E-state index is 14.4. The summed E-state index contributed by atoms with van der Waals surface area (Å²) in [6.45, 7) is 1.60. The molecule has 0 aliphatic heterocycles. The molecule has 0 bridgehead atoms. The van der Waals surface area contributed by atoms with Gasteiger partial charge in [0.05, 0.1) is 21.4 Å². The van der Waals surface area contributed by atoms with E-state index in [0.717, 1.165) is 12.3 Å². The van der Waals surface area contributed by atoms with E-state index in [1.165, 1.54) is 51.9 Å². The minimum Gasteiger partial charge on any atom is -0.478 e. The van der Waals surface area contributed by atoms with Crippen molar-refractivity contribution in [2.45, 2.75) is 25.6 Å². The first-order valence-electron chi connectivity index (χ1n) is 11.6. The van der Waals surface area contributed by atoms with E-state index in [4.69, 9.17) is 4.74 Å². The smallest absolute Gasteiger partial charge is 0.417 e. The van der Waals surface area contributed by atoms with Crippen LogP contribution in [0.2, 0.25) is 0 Å². The molecule has 0 N–H and O–H groups in total. The molecule has 0 aliphatic rings. The molecule has 15 heteroatoms. The zero-order chi connectivity index (χ0) is 28.8. The van der Waals surface area contributed by atoms with Crippen LogP contribution in [0, 0.1) is 15.9 Å². The third-order valence-electron chi connectivity index (χ3n) is 5.94. The predicted molar refractivity (Wildman–Crippen MR) is 137 cm³/mol. The highest BCUT2D eigenvalue weighted by atomic mass is 79.9. The van der Waals surface area contributed by atoms with Gasteiger partial charge in [0.2, 0.25) is 5.75 Å². The van der Waals surface area contributed by atoms with Crippen LogP contribution in [0.3, 0.4) is 0 Å². The normalized spacial score (nSPS) is 12.6. The van der Waals surface area contributed by atoms with E-state index in [9.17, 15) is 27.7 Å². The van der Waals surface area contributed by atoms with E-state index in [2.05, 4.69) is 36.1 Å². The molecule has 10 nitrogen and oxygen atoms in total. The van der Waals surface area contributed by atoms with Gasteiger partial charge in [-0.05, 0) is 63.1 Å². The Labute approximate surface area is 231 Å². The van der Waals surface area contributed by atoms with Crippen molar-refractivity contribution < 1.29 is 27.2 Å². The maximum Gasteiger partial charge on any atom is 0.417 e. The van der Waals surface area contributed by atoms with E-state index in [1.807, 2.05) is 0 Å². The zero-order valence-electron chi connectivity index (χ0n) is 20.7. The van der Waals surface area contributed by atoms with Gasteiger partial charge in [-0.15, -0.1) is 0 Å². The Kier molecular flexibility index (Phi) is 6.99. The Morgan fingerprint density at radius 2 is 1.93 bits per heavy atom. The fourth-order valence-corrected chi connectivity index (χ4v) is 4.53. The Bertz CT molecular complexity index is 1750. The Morgan fingerprint density at radius 1 is 1.15 bits per heavy atom. The first-order chi connectivity index (χ1) is 18.9. The predicted octanol–water partition coefficient (Wildman–Crippen LogP) is 6.08. The van der Waals surface area contributed by atoms with E-state index in [0.29, 0.717) is 38.3 Å². The van der Waals surface area contributed by atoms with Gasteiger partial charge in [-0.2, -0.15) is 28.2 Å². The Balaban J connectivity index is 1.51. The summed E-state index contributed by atoms with van der Waals surface area (Å²) in [5.74, 6) is -1.19. The van der Waals surface area contributed by atoms with Gasteiger partial charge >= 0.3 is 12.0 Å². The summed E-state index contributed by atoms with van der Waals surface area (Å²) in [6, 6.07) is 7.58. The second kappa shape index (κ2) is 10.3. The van der Waals surface area contributed by atoms with E-state index in [-0.39, 0.29) is 12.2 Å². The van der Waals surface area contributed by atoms with Crippen LogP contribution >= 0.6 is 15.9 Å². The summed E-state index contributed by atoms with van der Waals surface area (Å²) in [5, 5.41) is 20.3. The minimum absolute atomic E-state index is 0.110. The highest BCUT2D eigenvalue weighted by molar-refractivity contribution is 9.10. The molecule has 206 valence electrons. The Hall–Kier alpha value is -4.40. The van der Waals surface area contributed by atoms with Gasteiger partial charge in [0, 0.05) is 43.1 Å². The number of rotatable bonds is 7. The topological polar surface area (TPSA) is 113 Å². The molecule has 0 saturated carbocycles. The highest BCUT2D eigenvalue weighted by Gasteiger charge is 2.31. The SMILES string of the molecule is C[C@@H](Oc1cc(Br)cnc1[N+](=O)[O-])c1cc(F)ccc1-c1nn(C)nc1Cc1cn2cc(C(F)(F)F)ccc2n1. The molecule has 1 atom stereocenters. The number of benzene rings is 1. The lowest BCUT2D eigenvalue weighted by Gasteiger charge is -2.18. The molecule has 1 aromatic carbocycles. The third kappa shape index (κ3) is 5.50. The third-order valence-corrected chi connectivity index (χ3v) is 6.38. The molecule has 5 rings (SSSR count). The molecular formula is C25H18BrF4N7O3. The van der Waals surface area contributed by atoms with E-state index in [1.54, 1.807) is 14.0 Å². The van der Waals surface area contributed by atoms with Gasteiger partial charge in [0.1, 0.15) is 23.3 Å². The van der Waals surface area contributed by atoms with Crippen molar-refractivity contribution in [2.75, 3.05) is 0 Å². The summed E-state index contributed by atoms with van der Waals surface area (Å²) in [6.07, 6.45) is -1.58. The summed E-state index contributed by atoms with van der Waals surface area (Å²) in [5.41, 5.74) is 1.52. The summed E-state index contributed by atoms with van der Waals surface area (Å²) >= 11 is 3.21. The molecule has 40 heavy (non-hydrogen) atoms. The number of hydrogen-bond donors (Lipinski definition) is 0. The number of aromatic nitrogens is 6. The molecule has 0 aliphatic carbocycles. The number of halogens is 5. The number of nitrogens with zero attached hydrogens (tertiary/aromatic N) is 7. The van der Waals surface area contributed by atoms with Crippen molar-refractivity contribution in [1.82, 2.24) is 29.4 Å². The molecular weight excluding hydrogens is 602 g/mol. The number of aryl methyl sites for hydroxylation is 1. The summed E-state index contributed by atoms with van der Waals surface area (Å²) < 4.78 is 61.4. The van der Waals surface area contributed by atoms with Crippen LogP contribution in [0.15, 0.2) is 59.5 Å². The van der Waals surface area contributed by atoms with Gasteiger partial charge in [-0.25, -0.2) is 9.37 Å². The largest absolute Gasteiger partial charge is 0.478 e. The van der Waals surface area contributed by atoms with Gasteiger partial charge in [0.15, 0.2) is 6.20 Å². The lowest BCUT2D eigenvalue weighted by Crippen LogP contribution is -2.08. The van der Waals surface area contributed by atoms with Crippen molar-refractivity contribution in [2.24, 2.45) is 7.05 Å². The number of alkyl halides is 3. The monoisotopic (exact) mass is 619 g/mol. The molecule has 0 fully saturated rings. The van der Waals surface area contributed by atoms with Crippen LogP contribution in [0.5, 0.6) is 5.75 Å². The van der Waals surface area contributed by atoms with E-state index < -0.39 is 34.4 Å². The first kappa shape index (κ1) is 27.2. The van der Waals surface area contributed by atoms with Crippen LogP contribution in [-0.4, -0.2) is 34.3 Å². The lowest BCUT2D eigenvalue weighted by molar-refractivity contribution is -0.390. The van der Waals surface area contributed by atoms with Crippen LogP contribution < -0.4 is 4.74 Å². The molecule has 4 heterocycles. The van der Waals surface area contributed by atoms with Gasteiger partial charge < -0.3 is 19.3 Å². The summed E-state index contributed by atoms with van der Waals surface area (Å²) in [7, 11) is 1.59. The Morgan fingerprint density at radius 3 is 2.65 bits per heavy atom. The van der Waals surface area contributed by atoms with Crippen LogP contribution in [0.1, 0.15) is 35.5 Å². The number of fused-ring (bicyclic) bond motifs is 1. The highest BCUT2D eigenvalue weighted by Crippen LogP contribution is 2.36. The number of nitro groups is 1. The van der Waals surface area contributed by atoms with E-state index >= 15 is 0 Å². The minimum atomic E-state index is -4.50. The van der Waals surface area contributed by atoms with Crippen LogP contribution in [0.25, 0.3) is 16.9 Å². The number of ether oxygens (including phenoxy) is 1. The quantitative estimate of drug-likeness (QED) is 0.123. The molecule has 0 amide bonds. The van der Waals surface area contributed by atoms with Gasteiger partial charge in [-0.3, -0.25) is 0 Å². The first-order valence-corrected chi connectivity index (χ1v) is 12.4. The number of pyridine rings is 2. The average molecular weight is 620 g/mol. The van der Waals surface area contributed by atoms with Crippen molar-refractivity contribution in [1.29, 1.82) is 0 Å². The lowest BCUT2D eigenvalue weighted by atomic mass is 9.98. The van der Waals surface area contributed by atoms with Crippen molar-refractivity contribution >= 4 is 27.4 Å².